The Kier molecular flexibility index (Phi) is 1.14. The van der Waals surface area contributed by atoms with E-state index in [0.29, 0.717) is 10.6 Å². The Labute approximate surface area is 62.4 Å². The number of hydrogen-bond acceptors (Lipinski definition) is 2. The van der Waals surface area contributed by atoms with Crippen LogP contribution in [0.15, 0.2) is 22.9 Å². The van der Waals surface area contributed by atoms with Crippen molar-refractivity contribution >= 4 is 22.7 Å². The molecular formula is C7H3ClNO. The van der Waals surface area contributed by atoms with Crippen LogP contribution >= 0.6 is 11.6 Å². The Morgan fingerprint density at radius 3 is 3.20 bits per heavy atom. The normalized spacial score (nSPS) is 10.5. The van der Waals surface area contributed by atoms with E-state index in [9.17, 15) is 0 Å². The van der Waals surface area contributed by atoms with E-state index < -0.39 is 0 Å². The molecule has 0 spiro atoms. The molecule has 1 aromatic heterocycles. The SMILES string of the molecule is Clc1c[c]cc2ncoc12. The lowest BCUT2D eigenvalue weighted by Gasteiger charge is -1.86. The van der Waals surface area contributed by atoms with Crippen molar-refractivity contribution in [1.82, 2.24) is 4.98 Å². The summed E-state index contributed by atoms with van der Waals surface area (Å²) >= 11 is 5.73. The molecule has 1 heterocycles. The zero-order chi connectivity index (χ0) is 6.97. The summed E-state index contributed by atoms with van der Waals surface area (Å²) in [6.07, 6.45) is 1.37. The van der Waals surface area contributed by atoms with Gasteiger partial charge in [-0.3, -0.25) is 0 Å². The zero-order valence-corrected chi connectivity index (χ0v) is 5.72. The summed E-state index contributed by atoms with van der Waals surface area (Å²) in [5.41, 5.74) is 1.37. The van der Waals surface area contributed by atoms with Crippen molar-refractivity contribution in [3.8, 4) is 0 Å². The van der Waals surface area contributed by atoms with Crippen LogP contribution in [0.25, 0.3) is 11.1 Å². The Morgan fingerprint density at radius 1 is 1.50 bits per heavy atom. The minimum atomic E-state index is 0.551. The Balaban J connectivity index is 2.95. The van der Waals surface area contributed by atoms with Crippen LogP contribution in [-0.2, 0) is 0 Å². The molecule has 1 radical (unpaired) electrons. The molecule has 0 unspecified atom stereocenters. The first-order valence-corrected chi connectivity index (χ1v) is 3.14. The second-order valence-electron chi connectivity index (χ2n) is 1.87. The van der Waals surface area contributed by atoms with Gasteiger partial charge in [-0.05, 0) is 18.2 Å². The quantitative estimate of drug-likeness (QED) is 0.579. The van der Waals surface area contributed by atoms with E-state index in [1.165, 1.54) is 6.39 Å². The summed E-state index contributed by atoms with van der Waals surface area (Å²) < 4.78 is 4.99. The second kappa shape index (κ2) is 1.99. The number of fused-ring (bicyclic) bond motifs is 1. The van der Waals surface area contributed by atoms with Crippen molar-refractivity contribution in [2.45, 2.75) is 0 Å². The van der Waals surface area contributed by atoms with E-state index in [1.807, 2.05) is 0 Å². The molecule has 0 atom stereocenters. The Morgan fingerprint density at radius 2 is 2.40 bits per heavy atom. The number of rotatable bonds is 0. The first kappa shape index (κ1) is 5.74. The molecule has 0 bridgehead atoms. The van der Waals surface area contributed by atoms with Crippen molar-refractivity contribution in [1.29, 1.82) is 0 Å². The molecule has 0 aliphatic carbocycles. The molecule has 10 heavy (non-hydrogen) atoms. The van der Waals surface area contributed by atoms with Gasteiger partial charge in [0.25, 0.3) is 0 Å². The molecule has 2 nitrogen and oxygen atoms in total. The maximum Gasteiger partial charge on any atom is 0.182 e. The van der Waals surface area contributed by atoms with Gasteiger partial charge in [0.05, 0.1) is 5.02 Å². The fraction of sp³-hybridized carbons (Fsp3) is 0. The van der Waals surface area contributed by atoms with E-state index in [0.717, 1.165) is 5.52 Å². The van der Waals surface area contributed by atoms with Crippen LogP contribution in [0.4, 0.5) is 0 Å². The first-order valence-electron chi connectivity index (χ1n) is 2.77. The summed E-state index contributed by atoms with van der Waals surface area (Å²) in [5, 5.41) is 0.551. The van der Waals surface area contributed by atoms with E-state index in [-0.39, 0.29) is 0 Å². The van der Waals surface area contributed by atoms with Gasteiger partial charge in [-0.2, -0.15) is 0 Å². The van der Waals surface area contributed by atoms with Crippen LogP contribution in [-0.4, -0.2) is 4.98 Å². The van der Waals surface area contributed by atoms with Gasteiger partial charge < -0.3 is 4.42 Å². The van der Waals surface area contributed by atoms with Crippen molar-refractivity contribution in [2.24, 2.45) is 0 Å². The molecular weight excluding hydrogens is 150 g/mol. The van der Waals surface area contributed by atoms with Crippen LogP contribution in [0.5, 0.6) is 0 Å². The third-order valence-electron chi connectivity index (χ3n) is 1.24. The maximum absolute atomic E-state index is 5.73. The van der Waals surface area contributed by atoms with Crippen LogP contribution in [0.3, 0.4) is 0 Å². The van der Waals surface area contributed by atoms with Crippen molar-refractivity contribution in [3.63, 3.8) is 0 Å². The van der Waals surface area contributed by atoms with E-state index >= 15 is 0 Å². The Bertz CT molecular complexity index is 355. The first-order chi connectivity index (χ1) is 4.88. The summed E-state index contributed by atoms with van der Waals surface area (Å²) in [4.78, 5) is 3.90. The molecule has 3 heteroatoms. The number of oxazole rings is 1. The molecule has 0 aliphatic heterocycles. The predicted octanol–water partition coefficient (Wildman–Crippen LogP) is 2.28. The number of nitrogens with zero attached hydrogens (tertiary/aromatic N) is 1. The highest BCUT2D eigenvalue weighted by atomic mass is 35.5. The van der Waals surface area contributed by atoms with Crippen molar-refractivity contribution in [3.05, 3.63) is 29.6 Å². The highest BCUT2D eigenvalue weighted by molar-refractivity contribution is 6.34. The molecule has 0 N–H and O–H groups in total. The molecule has 0 amide bonds. The predicted molar refractivity (Wildman–Crippen MR) is 37.9 cm³/mol. The zero-order valence-electron chi connectivity index (χ0n) is 4.97. The lowest BCUT2D eigenvalue weighted by Crippen LogP contribution is -1.66. The van der Waals surface area contributed by atoms with Crippen molar-refractivity contribution < 1.29 is 4.42 Å². The van der Waals surface area contributed by atoms with E-state index in [2.05, 4.69) is 11.1 Å². The molecule has 2 rings (SSSR count). The van der Waals surface area contributed by atoms with Crippen LogP contribution in [0, 0.1) is 6.07 Å². The fourth-order valence-corrected chi connectivity index (χ4v) is 1.000. The van der Waals surface area contributed by atoms with Gasteiger partial charge in [0.15, 0.2) is 12.0 Å². The van der Waals surface area contributed by atoms with Gasteiger partial charge in [0.2, 0.25) is 0 Å². The summed E-state index contributed by atoms with van der Waals surface area (Å²) in [6.45, 7) is 0. The van der Waals surface area contributed by atoms with E-state index in [4.69, 9.17) is 16.0 Å². The third-order valence-corrected chi connectivity index (χ3v) is 1.52. The number of benzene rings is 1. The van der Waals surface area contributed by atoms with Gasteiger partial charge in [-0.15, -0.1) is 0 Å². The molecule has 0 saturated carbocycles. The highest BCUT2D eigenvalue weighted by Crippen LogP contribution is 2.20. The van der Waals surface area contributed by atoms with E-state index in [1.54, 1.807) is 12.1 Å². The van der Waals surface area contributed by atoms with Gasteiger partial charge in [0, 0.05) is 0 Å². The largest absolute Gasteiger partial charge is 0.442 e. The van der Waals surface area contributed by atoms with Crippen LogP contribution in [0.2, 0.25) is 5.02 Å². The van der Waals surface area contributed by atoms with Gasteiger partial charge >= 0.3 is 0 Å². The molecule has 0 saturated heterocycles. The summed E-state index contributed by atoms with van der Waals surface area (Å²) in [7, 11) is 0. The summed E-state index contributed by atoms with van der Waals surface area (Å²) in [6, 6.07) is 6.21. The van der Waals surface area contributed by atoms with Gasteiger partial charge in [0.1, 0.15) is 5.52 Å². The number of hydrogen-bond donors (Lipinski definition) is 0. The van der Waals surface area contributed by atoms with Crippen LogP contribution < -0.4 is 0 Å². The maximum atomic E-state index is 5.73. The average molecular weight is 153 g/mol. The van der Waals surface area contributed by atoms with Gasteiger partial charge in [-0.1, -0.05) is 11.6 Å². The minimum Gasteiger partial charge on any atom is -0.442 e. The molecule has 49 valence electrons. The smallest absolute Gasteiger partial charge is 0.182 e. The number of aromatic nitrogens is 1. The minimum absolute atomic E-state index is 0.551. The molecule has 0 aliphatic rings. The number of halogens is 1. The Hall–Kier alpha value is -1.02. The monoisotopic (exact) mass is 152 g/mol. The van der Waals surface area contributed by atoms with Crippen LogP contribution in [0.1, 0.15) is 0 Å². The second-order valence-corrected chi connectivity index (χ2v) is 2.28. The molecule has 2 aromatic rings. The fourth-order valence-electron chi connectivity index (χ4n) is 0.796. The van der Waals surface area contributed by atoms with Crippen molar-refractivity contribution in [2.75, 3.05) is 0 Å². The van der Waals surface area contributed by atoms with Gasteiger partial charge in [-0.25, -0.2) is 4.98 Å². The standard InChI is InChI=1S/C7H3ClNO/c8-5-2-1-3-6-7(5)10-4-9-6/h2-4H. The third kappa shape index (κ3) is 0.693. The topological polar surface area (TPSA) is 26.0 Å². The lowest BCUT2D eigenvalue weighted by atomic mass is 10.3. The summed E-state index contributed by atoms with van der Waals surface area (Å²) in [5.74, 6) is 0. The average Bonchev–Trinajstić information content (AvgIpc) is 2.36. The molecule has 1 aromatic carbocycles. The highest BCUT2D eigenvalue weighted by Gasteiger charge is 2.00. The lowest BCUT2D eigenvalue weighted by molar-refractivity contribution is 0.602. The molecule has 0 fully saturated rings.